The molecular formula is C13H24N4O4. The van der Waals surface area contributed by atoms with Crippen LogP contribution < -0.4 is 11.1 Å². The number of primary amides is 1. The molecule has 8 heteroatoms. The molecule has 1 heterocycles. The first kappa shape index (κ1) is 17.2. The summed E-state index contributed by atoms with van der Waals surface area (Å²) in [6.07, 6.45) is 1.29. The van der Waals surface area contributed by atoms with E-state index in [1.54, 1.807) is 7.05 Å². The lowest BCUT2D eigenvalue weighted by Crippen LogP contribution is -2.53. The Morgan fingerprint density at radius 2 is 1.95 bits per heavy atom. The molecule has 0 unspecified atom stereocenters. The van der Waals surface area contributed by atoms with Gasteiger partial charge in [0.25, 0.3) is 0 Å². The predicted molar refractivity (Wildman–Crippen MR) is 76.7 cm³/mol. The molecule has 8 nitrogen and oxygen atoms in total. The fraction of sp³-hybridized carbons (Fsp3) is 0.769. The molecule has 1 fully saturated rings. The van der Waals surface area contributed by atoms with Crippen LogP contribution in [0.3, 0.4) is 0 Å². The number of carboxylic acids is 1. The third kappa shape index (κ3) is 5.22. The molecule has 0 aromatic heterocycles. The summed E-state index contributed by atoms with van der Waals surface area (Å²) in [5.74, 6) is -2.03. The van der Waals surface area contributed by atoms with E-state index < -0.39 is 30.4 Å². The summed E-state index contributed by atoms with van der Waals surface area (Å²) in [6, 6.07) is -1.69. The van der Waals surface area contributed by atoms with Gasteiger partial charge in [-0.15, -0.1) is 0 Å². The van der Waals surface area contributed by atoms with Crippen molar-refractivity contribution in [3.63, 3.8) is 0 Å². The molecule has 1 aliphatic heterocycles. The largest absolute Gasteiger partial charge is 0.480 e. The van der Waals surface area contributed by atoms with Crippen LogP contribution in [0.2, 0.25) is 0 Å². The molecule has 0 bridgehead atoms. The number of piperidine rings is 1. The normalized spacial score (nSPS) is 18.0. The number of hydrogen-bond donors (Lipinski definition) is 3. The van der Waals surface area contributed by atoms with E-state index in [0.717, 1.165) is 32.5 Å². The van der Waals surface area contributed by atoms with Crippen LogP contribution in [0.4, 0.5) is 4.79 Å². The fourth-order valence-corrected chi connectivity index (χ4v) is 2.44. The molecule has 4 N–H and O–H groups in total. The van der Waals surface area contributed by atoms with E-state index in [-0.39, 0.29) is 6.04 Å². The minimum Gasteiger partial charge on any atom is -0.480 e. The van der Waals surface area contributed by atoms with Crippen molar-refractivity contribution >= 4 is 17.9 Å². The van der Waals surface area contributed by atoms with Gasteiger partial charge in [0.15, 0.2) is 0 Å². The van der Waals surface area contributed by atoms with E-state index in [1.165, 1.54) is 4.90 Å². The highest BCUT2D eigenvalue weighted by Gasteiger charge is 2.28. The summed E-state index contributed by atoms with van der Waals surface area (Å²) in [4.78, 5) is 37.7. The molecule has 1 aliphatic rings. The minimum absolute atomic E-state index is 0.0795. The topological polar surface area (TPSA) is 116 Å². The molecule has 0 spiro atoms. The molecular weight excluding hydrogens is 276 g/mol. The van der Waals surface area contributed by atoms with E-state index in [2.05, 4.69) is 17.1 Å². The highest BCUT2D eigenvalue weighted by Crippen LogP contribution is 2.15. The Morgan fingerprint density at radius 3 is 2.38 bits per heavy atom. The summed E-state index contributed by atoms with van der Waals surface area (Å²) < 4.78 is 0. The first-order chi connectivity index (χ1) is 9.85. The number of rotatable bonds is 6. The highest BCUT2D eigenvalue weighted by molar-refractivity contribution is 5.87. The Kier molecular flexibility index (Phi) is 6.41. The van der Waals surface area contributed by atoms with Gasteiger partial charge in [-0.25, -0.2) is 9.59 Å². The van der Waals surface area contributed by atoms with Gasteiger partial charge in [-0.1, -0.05) is 6.92 Å². The molecule has 1 rings (SSSR count). The van der Waals surface area contributed by atoms with Crippen LogP contribution >= 0.6 is 0 Å². The van der Waals surface area contributed by atoms with Crippen molar-refractivity contribution in [1.29, 1.82) is 0 Å². The number of aliphatic carboxylic acids is 1. The van der Waals surface area contributed by atoms with Crippen LogP contribution in [-0.2, 0) is 9.59 Å². The minimum atomic E-state index is -1.28. The zero-order valence-electron chi connectivity index (χ0n) is 12.5. The molecule has 0 radical (unpaired) electrons. The van der Waals surface area contributed by atoms with E-state index >= 15 is 0 Å². The van der Waals surface area contributed by atoms with Gasteiger partial charge >= 0.3 is 12.0 Å². The van der Waals surface area contributed by atoms with Gasteiger partial charge in [0, 0.05) is 26.2 Å². The van der Waals surface area contributed by atoms with Crippen LogP contribution in [-0.4, -0.2) is 71.6 Å². The zero-order chi connectivity index (χ0) is 16.0. The molecule has 0 saturated carbocycles. The van der Waals surface area contributed by atoms with E-state index in [9.17, 15) is 14.4 Å². The second-order valence-corrected chi connectivity index (χ2v) is 5.29. The summed E-state index contributed by atoms with van der Waals surface area (Å²) in [7, 11) is 1.64. The number of nitrogens with two attached hydrogens (primary N) is 1. The molecule has 1 saturated heterocycles. The Labute approximate surface area is 124 Å². The Bertz CT molecular complexity index is 394. The van der Waals surface area contributed by atoms with Gasteiger partial charge in [0.1, 0.15) is 6.04 Å². The number of carbonyl (C=O) groups is 3. The number of amides is 3. The number of nitrogens with zero attached hydrogens (tertiary/aromatic N) is 2. The van der Waals surface area contributed by atoms with Crippen molar-refractivity contribution in [2.75, 3.05) is 26.7 Å². The lowest BCUT2D eigenvalue weighted by atomic mass is 10.0. The SMILES string of the molecule is CCN1CCC(N(C)C(=O)N[C@H](CC(N)=O)C(=O)O)CC1. The summed E-state index contributed by atoms with van der Waals surface area (Å²) in [5.41, 5.74) is 4.98. The molecule has 0 aliphatic carbocycles. The number of likely N-dealkylation sites (tertiary alicyclic amines) is 1. The van der Waals surface area contributed by atoms with Crippen molar-refractivity contribution in [1.82, 2.24) is 15.1 Å². The standard InChI is InChI=1S/C13H24N4O4/c1-3-17-6-4-9(5-7-17)16(2)13(21)15-10(12(19)20)8-11(14)18/h9-10H,3-8H2,1-2H3,(H2,14,18)(H,15,21)(H,19,20)/t10-/m1/s1. The first-order valence-corrected chi connectivity index (χ1v) is 7.12. The molecule has 3 amide bonds. The van der Waals surface area contributed by atoms with Crippen LogP contribution in [0.5, 0.6) is 0 Å². The van der Waals surface area contributed by atoms with Crippen LogP contribution in [0.1, 0.15) is 26.2 Å². The van der Waals surface area contributed by atoms with Crippen molar-refractivity contribution < 1.29 is 19.5 Å². The zero-order valence-corrected chi connectivity index (χ0v) is 12.5. The molecule has 21 heavy (non-hydrogen) atoms. The van der Waals surface area contributed by atoms with Crippen LogP contribution in [0.25, 0.3) is 0 Å². The molecule has 0 aromatic rings. The maximum absolute atomic E-state index is 12.1. The second kappa shape index (κ2) is 7.82. The average Bonchev–Trinajstić information content (AvgIpc) is 2.45. The van der Waals surface area contributed by atoms with Crippen molar-refractivity contribution in [3.05, 3.63) is 0 Å². The average molecular weight is 300 g/mol. The number of hydrogen-bond acceptors (Lipinski definition) is 4. The lowest BCUT2D eigenvalue weighted by Gasteiger charge is -2.36. The van der Waals surface area contributed by atoms with Gasteiger partial charge < -0.3 is 26.0 Å². The van der Waals surface area contributed by atoms with Crippen LogP contribution in [0.15, 0.2) is 0 Å². The summed E-state index contributed by atoms with van der Waals surface area (Å²) in [5, 5.41) is 11.3. The smallest absolute Gasteiger partial charge is 0.326 e. The third-order valence-electron chi connectivity index (χ3n) is 3.87. The predicted octanol–water partition coefficient (Wildman–Crippen LogP) is -0.559. The van der Waals surface area contributed by atoms with Crippen LogP contribution in [0, 0.1) is 0 Å². The highest BCUT2D eigenvalue weighted by atomic mass is 16.4. The maximum atomic E-state index is 12.1. The number of nitrogens with one attached hydrogen (secondary N) is 1. The van der Waals surface area contributed by atoms with E-state index in [0.29, 0.717) is 0 Å². The van der Waals surface area contributed by atoms with Gasteiger partial charge in [-0.05, 0) is 19.4 Å². The Balaban J connectivity index is 2.53. The van der Waals surface area contributed by atoms with Gasteiger partial charge in [0.05, 0.1) is 6.42 Å². The molecule has 120 valence electrons. The van der Waals surface area contributed by atoms with Gasteiger partial charge in [0.2, 0.25) is 5.91 Å². The monoisotopic (exact) mass is 300 g/mol. The lowest BCUT2D eigenvalue weighted by molar-refractivity contribution is -0.141. The summed E-state index contributed by atoms with van der Waals surface area (Å²) >= 11 is 0. The Morgan fingerprint density at radius 1 is 1.38 bits per heavy atom. The number of urea groups is 1. The van der Waals surface area contributed by atoms with E-state index in [1.807, 2.05) is 0 Å². The maximum Gasteiger partial charge on any atom is 0.326 e. The number of carbonyl (C=O) groups excluding carboxylic acids is 2. The number of carboxylic acid groups (broad SMARTS) is 1. The van der Waals surface area contributed by atoms with Crippen molar-refractivity contribution in [2.24, 2.45) is 5.73 Å². The summed E-state index contributed by atoms with van der Waals surface area (Å²) in [6.45, 7) is 4.92. The molecule has 1 atom stereocenters. The first-order valence-electron chi connectivity index (χ1n) is 7.12. The van der Waals surface area contributed by atoms with Crippen molar-refractivity contribution in [3.8, 4) is 0 Å². The van der Waals surface area contributed by atoms with Gasteiger partial charge in [-0.3, -0.25) is 4.79 Å². The fourth-order valence-electron chi connectivity index (χ4n) is 2.44. The van der Waals surface area contributed by atoms with Gasteiger partial charge in [-0.2, -0.15) is 0 Å². The quantitative estimate of drug-likeness (QED) is 0.608. The molecule has 0 aromatic carbocycles. The third-order valence-corrected chi connectivity index (χ3v) is 3.87. The van der Waals surface area contributed by atoms with E-state index in [4.69, 9.17) is 10.8 Å². The second-order valence-electron chi connectivity index (χ2n) is 5.29. The van der Waals surface area contributed by atoms with Crippen molar-refractivity contribution in [2.45, 2.75) is 38.3 Å². The Hall–Kier alpha value is -1.83.